The fraction of sp³-hybridized carbons (Fsp3) is 0.500. The summed E-state index contributed by atoms with van der Waals surface area (Å²) in [5, 5.41) is 5.54. The predicted octanol–water partition coefficient (Wildman–Crippen LogP) is 3.90. The third-order valence-corrected chi connectivity index (χ3v) is 5.19. The molecule has 1 aliphatic rings. The quantitative estimate of drug-likeness (QED) is 0.627. The lowest BCUT2D eigenvalue weighted by Crippen LogP contribution is -2.33. The van der Waals surface area contributed by atoms with E-state index in [2.05, 4.69) is 22.5 Å². The van der Waals surface area contributed by atoms with Gasteiger partial charge in [-0.3, -0.25) is 9.36 Å². The molecule has 1 aliphatic carbocycles. The van der Waals surface area contributed by atoms with E-state index in [1.807, 2.05) is 12.1 Å². The number of amides is 2. The lowest BCUT2D eigenvalue weighted by Gasteiger charge is -2.11. The monoisotopic (exact) mass is 398 g/mol. The molecule has 156 valence electrons. The molecule has 1 heterocycles. The average Bonchev–Trinajstić information content (AvgIpc) is 3.25. The Bertz CT molecular complexity index is 842. The van der Waals surface area contributed by atoms with Gasteiger partial charge in [-0.1, -0.05) is 26.2 Å². The molecule has 0 bridgehead atoms. The molecule has 1 saturated carbocycles. The highest BCUT2D eigenvalue weighted by molar-refractivity contribution is 5.89. The summed E-state index contributed by atoms with van der Waals surface area (Å²) >= 11 is 0. The molecule has 0 spiro atoms. The first-order chi connectivity index (χ1) is 14.2. The number of urea groups is 1. The summed E-state index contributed by atoms with van der Waals surface area (Å²) in [7, 11) is 0. The highest BCUT2D eigenvalue weighted by atomic mass is 16.5. The van der Waals surface area contributed by atoms with E-state index in [1.165, 1.54) is 17.4 Å². The average molecular weight is 399 g/mol. The SMILES string of the molecule is CCCCOc1ccc(NC(=O)NCCn2cnc(C3CCCC3)cc2=O)cc1. The predicted molar refractivity (Wildman–Crippen MR) is 114 cm³/mol. The van der Waals surface area contributed by atoms with E-state index in [1.54, 1.807) is 24.5 Å². The number of aromatic nitrogens is 2. The largest absolute Gasteiger partial charge is 0.494 e. The third-order valence-electron chi connectivity index (χ3n) is 5.19. The van der Waals surface area contributed by atoms with Gasteiger partial charge >= 0.3 is 6.03 Å². The number of rotatable bonds is 9. The molecular formula is C22H30N4O3. The van der Waals surface area contributed by atoms with Crippen LogP contribution in [-0.2, 0) is 6.54 Å². The maximum absolute atomic E-state index is 12.3. The molecule has 3 rings (SSSR count). The highest BCUT2D eigenvalue weighted by Crippen LogP contribution is 2.32. The van der Waals surface area contributed by atoms with Crippen LogP contribution in [0.3, 0.4) is 0 Å². The number of nitrogens with zero attached hydrogens (tertiary/aromatic N) is 2. The van der Waals surface area contributed by atoms with Crippen molar-refractivity contribution >= 4 is 11.7 Å². The van der Waals surface area contributed by atoms with Gasteiger partial charge in [-0.05, 0) is 43.5 Å². The number of ether oxygens (including phenoxy) is 1. The second-order valence-electron chi connectivity index (χ2n) is 7.43. The topological polar surface area (TPSA) is 85.2 Å². The van der Waals surface area contributed by atoms with E-state index in [0.717, 1.165) is 37.1 Å². The zero-order chi connectivity index (χ0) is 20.5. The number of unbranched alkanes of at least 4 members (excludes halogenated alkanes) is 1. The van der Waals surface area contributed by atoms with Crippen molar-refractivity contribution < 1.29 is 9.53 Å². The number of benzene rings is 1. The number of carbonyl (C=O) groups excluding carboxylic acids is 1. The molecule has 1 fully saturated rings. The van der Waals surface area contributed by atoms with Gasteiger partial charge in [0.1, 0.15) is 5.75 Å². The summed E-state index contributed by atoms with van der Waals surface area (Å²) in [5.41, 5.74) is 1.52. The summed E-state index contributed by atoms with van der Waals surface area (Å²) in [4.78, 5) is 28.8. The summed E-state index contributed by atoms with van der Waals surface area (Å²) in [6.45, 7) is 3.54. The van der Waals surface area contributed by atoms with Crippen LogP contribution in [-0.4, -0.2) is 28.7 Å². The van der Waals surface area contributed by atoms with E-state index in [-0.39, 0.29) is 11.6 Å². The van der Waals surface area contributed by atoms with Crippen molar-refractivity contribution in [3.63, 3.8) is 0 Å². The minimum atomic E-state index is -0.312. The summed E-state index contributed by atoms with van der Waals surface area (Å²) in [6.07, 6.45) is 8.35. The van der Waals surface area contributed by atoms with E-state index in [4.69, 9.17) is 4.74 Å². The maximum atomic E-state index is 12.3. The molecule has 7 heteroatoms. The van der Waals surface area contributed by atoms with Gasteiger partial charge in [-0.15, -0.1) is 0 Å². The van der Waals surface area contributed by atoms with Crippen molar-refractivity contribution in [1.82, 2.24) is 14.9 Å². The van der Waals surface area contributed by atoms with Crippen molar-refractivity contribution in [1.29, 1.82) is 0 Å². The molecule has 0 radical (unpaired) electrons. The minimum Gasteiger partial charge on any atom is -0.494 e. The molecule has 2 aromatic rings. The number of carbonyl (C=O) groups is 1. The molecule has 0 unspecified atom stereocenters. The molecule has 29 heavy (non-hydrogen) atoms. The Balaban J connectivity index is 1.42. The standard InChI is InChI=1S/C22H30N4O3/c1-2-3-14-29-19-10-8-18(9-11-19)25-22(28)23-12-13-26-16-24-20(15-21(26)27)17-6-4-5-7-17/h8-11,15-17H,2-7,12-14H2,1H3,(H2,23,25,28). The van der Waals surface area contributed by atoms with Gasteiger partial charge in [0.05, 0.1) is 18.6 Å². The molecule has 0 atom stereocenters. The van der Waals surface area contributed by atoms with E-state index < -0.39 is 0 Å². The van der Waals surface area contributed by atoms with Gasteiger partial charge in [0.15, 0.2) is 0 Å². The van der Waals surface area contributed by atoms with Crippen molar-refractivity contribution in [2.24, 2.45) is 0 Å². The lowest BCUT2D eigenvalue weighted by atomic mass is 10.0. The Morgan fingerprint density at radius 2 is 2.00 bits per heavy atom. The minimum absolute atomic E-state index is 0.0669. The lowest BCUT2D eigenvalue weighted by molar-refractivity contribution is 0.251. The van der Waals surface area contributed by atoms with Gasteiger partial charge < -0.3 is 15.4 Å². The smallest absolute Gasteiger partial charge is 0.319 e. The fourth-order valence-electron chi connectivity index (χ4n) is 3.49. The molecule has 1 aromatic carbocycles. The van der Waals surface area contributed by atoms with Crippen LogP contribution in [0.2, 0.25) is 0 Å². The Kier molecular flexibility index (Phi) is 7.67. The molecule has 0 aliphatic heterocycles. The first kappa shape index (κ1) is 20.9. The number of hydrogen-bond acceptors (Lipinski definition) is 4. The third kappa shape index (κ3) is 6.34. The van der Waals surface area contributed by atoms with Gasteiger partial charge in [0.2, 0.25) is 0 Å². The van der Waals surface area contributed by atoms with Crippen LogP contribution in [0.25, 0.3) is 0 Å². The normalized spacial score (nSPS) is 14.0. The highest BCUT2D eigenvalue weighted by Gasteiger charge is 2.18. The van der Waals surface area contributed by atoms with E-state index in [0.29, 0.717) is 31.3 Å². The van der Waals surface area contributed by atoms with Crippen LogP contribution >= 0.6 is 0 Å². The van der Waals surface area contributed by atoms with Crippen molar-refractivity contribution in [2.75, 3.05) is 18.5 Å². The van der Waals surface area contributed by atoms with Gasteiger partial charge in [-0.2, -0.15) is 0 Å². The Labute approximate surface area is 171 Å². The van der Waals surface area contributed by atoms with Crippen LogP contribution in [0.5, 0.6) is 5.75 Å². The van der Waals surface area contributed by atoms with Gasteiger partial charge in [0, 0.05) is 30.8 Å². The Hall–Kier alpha value is -2.83. The van der Waals surface area contributed by atoms with Crippen LogP contribution in [0.15, 0.2) is 41.5 Å². The number of nitrogens with one attached hydrogen (secondary N) is 2. The van der Waals surface area contributed by atoms with Crippen molar-refractivity contribution in [2.45, 2.75) is 57.9 Å². The van der Waals surface area contributed by atoms with Gasteiger partial charge in [-0.25, -0.2) is 9.78 Å². The second-order valence-corrected chi connectivity index (χ2v) is 7.43. The van der Waals surface area contributed by atoms with Crippen molar-refractivity contribution in [3.8, 4) is 5.75 Å². The second kappa shape index (κ2) is 10.6. The molecule has 1 aromatic heterocycles. The van der Waals surface area contributed by atoms with Gasteiger partial charge in [0.25, 0.3) is 5.56 Å². The molecule has 7 nitrogen and oxygen atoms in total. The first-order valence-electron chi connectivity index (χ1n) is 10.5. The van der Waals surface area contributed by atoms with Crippen LogP contribution in [0.1, 0.15) is 57.1 Å². The first-order valence-corrected chi connectivity index (χ1v) is 10.5. The molecule has 2 N–H and O–H groups in total. The molecular weight excluding hydrogens is 368 g/mol. The number of anilines is 1. The van der Waals surface area contributed by atoms with Crippen LogP contribution < -0.4 is 20.9 Å². The van der Waals surface area contributed by atoms with Crippen LogP contribution in [0.4, 0.5) is 10.5 Å². The summed E-state index contributed by atoms with van der Waals surface area (Å²) in [6, 6.07) is 8.60. The maximum Gasteiger partial charge on any atom is 0.319 e. The van der Waals surface area contributed by atoms with Crippen LogP contribution in [0, 0.1) is 0 Å². The Morgan fingerprint density at radius 1 is 1.24 bits per heavy atom. The zero-order valence-electron chi connectivity index (χ0n) is 17.0. The molecule has 2 amide bonds. The number of hydrogen-bond donors (Lipinski definition) is 2. The zero-order valence-corrected chi connectivity index (χ0v) is 17.0. The molecule has 0 saturated heterocycles. The summed E-state index contributed by atoms with van der Waals surface area (Å²) < 4.78 is 7.13. The summed E-state index contributed by atoms with van der Waals surface area (Å²) in [5.74, 6) is 1.21. The Morgan fingerprint density at radius 3 is 2.69 bits per heavy atom. The van der Waals surface area contributed by atoms with Crippen molar-refractivity contribution in [3.05, 3.63) is 52.7 Å². The van der Waals surface area contributed by atoms with E-state index >= 15 is 0 Å². The fourth-order valence-corrected chi connectivity index (χ4v) is 3.49. The van der Waals surface area contributed by atoms with E-state index in [9.17, 15) is 9.59 Å².